The van der Waals surface area contributed by atoms with Crippen LogP contribution in [0.3, 0.4) is 0 Å². The number of carbonyl (C=O) groups is 1. The maximum atomic E-state index is 11.7. The number of nitrogens with zero attached hydrogens (tertiary/aromatic N) is 2. The number of carbonyl (C=O) groups excluding carboxylic acids is 1. The highest BCUT2D eigenvalue weighted by atomic mass is 32.1. The van der Waals surface area contributed by atoms with Gasteiger partial charge >= 0.3 is 0 Å². The number of rotatable bonds is 3. The normalized spacial score (nSPS) is 10.1. The molecule has 0 unspecified atom stereocenters. The number of nitro benzene ring substituents is 1. The van der Waals surface area contributed by atoms with Gasteiger partial charge in [0.1, 0.15) is 5.69 Å². The van der Waals surface area contributed by atoms with Crippen LogP contribution in [-0.4, -0.2) is 15.8 Å². The first-order valence-corrected chi connectivity index (χ1v) is 5.97. The molecule has 0 saturated heterocycles. The lowest BCUT2D eigenvalue weighted by Gasteiger charge is -2.04. The zero-order chi connectivity index (χ0) is 13.1. The van der Waals surface area contributed by atoms with Gasteiger partial charge in [-0.25, -0.2) is 4.98 Å². The molecule has 1 aromatic carbocycles. The van der Waals surface area contributed by atoms with Gasteiger partial charge in [0.15, 0.2) is 0 Å². The highest BCUT2D eigenvalue weighted by Gasteiger charge is 2.12. The van der Waals surface area contributed by atoms with Crippen LogP contribution in [0.1, 0.15) is 16.1 Å². The molecule has 0 atom stereocenters. The van der Waals surface area contributed by atoms with Crippen LogP contribution in [0.4, 0.5) is 11.4 Å². The van der Waals surface area contributed by atoms with E-state index in [1.54, 1.807) is 23.9 Å². The lowest BCUT2D eigenvalue weighted by Crippen LogP contribution is -2.12. The predicted molar refractivity (Wildman–Crippen MR) is 67.9 cm³/mol. The fraction of sp³-hybridized carbons (Fsp3) is 0.0909. The Balaban J connectivity index is 2.18. The summed E-state index contributed by atoms with van der Waals surface area (Å²) in [7, 11) is 0. The molecule has 7 heteroatoms. The molecule has 6 nitrogen and oxygen atoms in total. The molecular weight excluding hydrogens is 254 g/mol. The van der Waals surface area contributed by atoms with Crippen molar-refractivity contribution in [2.75, 3.05) is 5.32 Å². The Morgan fingerprint density at radius 3 is 2.83 bits per heavy atom. The molecule has 0 fully saturated rings. The molecule has 0 aliphatic rings. The van der Waals surface area contributed by atoms with Crippen molar-refractivity contribution in [3.63, 3.8) is 0 Å². The van der Waals surface area contributed by atoms with Crippen LogP contribution in [0.5, 0.6) is 0 Å². The summed E-state index contributed by atoms with van der Waals surface area (Å²) < 4.78 is 0. The van der Waals surface area contributed by atoms with E-state index >= 15 is 0 Å². The third kappa shape index (κ3) is 2.51. The molecule has 0 aliphatic heterocycles. The first kappa shape index (κ1) is 12.2. The molecule has 1 heterocycles. The molecule has 18 heavy (non-hydrogen) atoms. The van der Waals surface area contributed by atoms with Crippen molar-refractivity contribution in [2.24, 2.45) is 0 Å². The summed E-state index contributed by atoms with van der Waals surface area (Å²) in [5, 5.41) is 14.9. The van der Waals surface area contributed by atoms with Gasteiger partial charge in [0.05, 0.1) is 10.4 Å². The van der Waals surface area contributed by atoms with Gasteiger partial charge in [-0.15, -0.1) is 11.3 Å². The summed E-state index contributed by atoms with van der Waals surface area (Å²) in [6, 6.07) is 4.42. The molecule has 92 valence electrons. The quantitative estimate of drug-likeness (QED) is 0.681. The molecule has 1 N–H and O–H groups in total. The minimum atomic E-state index is -0.457. The van der Waals surface area contributed by atoms with Gasteiger partial charge < -0.3 is 5.32 Å². The van der Waals surface area contributed by atoms with Gasteiger partial charge in [-0.3, -0.25) is 14.9 Å². The molecule has 0 bridgehead atoms. The minimum Gasteiger partial charge on any atom is -0.321 e. The van der Waals surface area contributed by atoms with Crippen LogP contribution in [0, 0.1) is 17.0 Å². The number of aryl methyl sites for hydroxylation is 1. The zero-order valence-corrected chi connectivity index (χ0v) is 10.2. The molecular formula is C11H9N3O3S. The van der Waals surface area contributed by atoms with Gasteiger partial charge in [-0.1, -0.05) is 0 Å². The number of thiazole rings is 1. The van der Waals surface area contributed by atoms with Gasteiger partial charge in [-0.2, -0.15) is 0 Å². The second-order valence-corrected chi connectivity index (χ2v) is 4.30. The second kappa shape index (κ2) is 4.92. The first-order valence-electron chi connectivity index (χ1n) is 5.02. The van der Waals surface area contributed by atoms with E-state index in [0.29, 0.717) is 16.9 Å². The van der Waals surface area contributed by atoms with Crippen molar-refractivity contribution in [1.29, 1.82) is 0 Å². The molecule has 1 amide bonds. The Morgan fingerprint density at radius 2 is 2.28 bits per heavy atom. The van der Waals surface area contributed by atoms with E-state index in [4.69, 9.17) is 0 Å². The lowest BCUT2D eigenvalue weighted by molar-refractivity contribution is -0.385. The third-order valence-electron chi connectivity index (χ3n) is 2.32. The molecule has 2 rings (SSSR count). The SMILES string of the molecule is Cc1cc(NC(=O)c2cscn2)ccc1[N+](=O)[O-]. The van der Waals surface area contributed by atoms with Crippen molar-refractivity contribution >= 4 is 28.6 Å². The third-order valence-corrected chi connectivity index (χ3v) is 2.90. The average Bonchev–Trinajstić information content (AvgIpc) is 2.81. The highest BCUT2D eigenvalue weighted by Crippen LogP contribution is 2.21. The molecule has 1 aromatic heterocycles. The maximum Gasteiger partial charge on any atom is 0.275 e. The Morgan fingerprint density at radius 1 is 1.50 bits per heavy atom. The molecule has 0 radical (unpaired) electrons. The summed E-state index contributed by atoms with van der Waals surface area (Å²) in [6.07, 6.45) is 0. The Kier molecular flexibility index (Phi) is 3.33. The van der Waals surface area contributed by atoms with E-state index in [1.807, 2.05) is 0 Å². The Labute approximate surface area is 106 Å². The zero-order valence-electron chi connectivity index (χ0n) is 9.41. The summed E-state index contributed by atoms with van der Waals surface area (Å²) >= 11 is 1.33. The number of anilines is 1. The Hall–Kier alpha value is -2.28. The van der Waals surface area contributed by atoms with Crippen molar-refractivity contribution in [2.45, 2.75) is 6.92 Å². The number of amides is 1. The number of aromatic nitrogens is 1. The van der Waals surface area contributed by atoms with Crippen molar-refractivity contribution in [3.8, 4) is 0 Å². The van der Waals surface area contributed by atoms with Crippen LogP contribution in [0.25, 0.3) is 0 Å². The fourth-order valence-corrected chi connectivity index (χ4v) is 1.99. The van der Waals surface area contributed by atoms with Crippen molar-refractivity contribution in [1.82, 2.24) is 4.98 Å². The summed E-state index contributed by atoms with van der Waals surface area (Å²) in [4.78, 5) is 25.8. The van der Waals surface area contributed by atoms with E-state index < -0.39 is 4.92 Å². The van der Waals surface area contributed by atoms with Gasteiger partial charge in [0.2, 0.25) is 0 Å². The van der Waals surface area contributed by atoms with E-state index in [0.717, 1.165) is 0 Å². The number of nitro groups is 1. The summed E-state index contributed by atoms with van der Waals surface area (Å²) in [5.41, 5.74) is 2.93. The largest absolute Gasteiger partial charge is 0.321 e. The minimum absolute atomic E-state index is 0.0293. The van der Waals surface area contributed by atoms with Crippen LogP contribution in [0.2, 0.25) is 0 Å². The summed E-state index contributed by atoms with van der Waals surface area (Å²) in [6.45, 7) is 1.62. The number of hydrogen-bond acceptors (Lipinski definition) is 5. The van der Waals surface area contributed by atoms with Gasteiger partial charge in [0, 0.05) is 22.7 Å². The predicted octanol–water partition coefficient (Wildman–Crippen LogP) is 2.61. The average molecular weight is 263 g/mol. The van der Waals surface area contributed by atoms with Crippen molar-refractivity contribution in [3.05, 3.63) is 50.5 Å². The Bertz CT molecular complexity index is 596. The van der Waals surface area contributed by atoms with Crippen LogP contribution in [0.15, 0.2) is 29.1 Å². The first-order chi connectivity index (χ1) is 8.58. The lowest BCUT2D eigenvalue weighted by atomic mass is 10.2. The van der Waals surface area contributed by atoms with E-state index in [-0.39, 0.29) is 11.6 Å². The fourth-order valence-electron chi connectivity index (χ4n) is 1.46. The molecule has 0 spiro atoms. The number of hydrogen-bond donors (Lipinski definition) is 1. The summed E-state index contributed by atoms with van der Waals surface area (Å²) in [5.74, 6) is -0.329. The molecule has 0 aliphatic carbocycles. The van der Waals surface area contributed by atoms with E-state index in [1.165, 1.54) is 23.5 Å². The van der Waals surface area contributed by atoms with Gasteiger partial charge in [0.25, 0.3) is 11.6 Å². The standard InChI is InChI=1S/C11H9N3O3S/c1-7-4-8(2-3-10(7)14(16)17)13-11(15)9-5-18-6-12-9/h2-6H,1H3,(H,13,15). The van der Waals surface area contributed by atoms with Crippen molar-refractivity contribution < 1.29 is 9.72 Å². The van der Waals surface area contributed by atoms with E-state index in [9.17, 15) is 14.9 Å². The number of nitrogens with one attached hydrogen (secondary N) is 1. The van der Waals surface area contributed by atoms with Gasteiger partial charge in [-0.05, 0) is 19.1 Å². The van der Waals surface area contributed by atoms with Crippen LogP contribution >= 0.6 is 11.3 Å². The van der Waals surface area contributed by atoms with E-state index in [2.05, 4.69) is 10.3 Å². The number of benzene rings is 1. The molecule has 2 aromatic rings. The highest BCUT2D eigenvalue weighted by molar-refractivity contribution is 7.07. The van der Waals surface area contributed by atoms with Crippen LogP contribution in [-0.2, 0) is 0 Å². The second-order valence-electron chi connectivity index (χ2n) is 3.59. The smallest absolute Gasteiger partial charge is 0.275 e. The van der Waals surface area contributed by atoms with Crippen LogP contribution < -0.4 is 5.32 Å². The maximum absolute atomic E-state index is 11.7. The monoisotopic (exact) mass is 263 g/mol. The molecule has 0 saturated carbocycles. The topological polar surface area (TPSA) is 85.1 Å².